The number of allylic oxidation sites excluding steroid dienone is 6. The van der Waals surface area contributed by atoms with Crippen molar-refractivity contribution < 1.29 is 0 Å². The van der Waals surface area contributed by atoms with Gasteiger partial charge in [-0.2, -0.15) is 0 Å². The molecule has 1 aliphatic heterocycles. The quantitative estimate of drug-likeness (QED) is 0.304. The average molecular weight is 317 g/mol. The molecule has 0 N–H and O–H groups in total. The molecular formula is C21H36N2. The highest BCUT2D eigenvalue weighted by molar-refractivity contribution is 5.83. The van der Waals surface area contributed by atoms with Crippen LogP contribution in [0, 0.1) is 0 Å². The predicted octanol–water partition coefficient (Wildman–Crippen LogP) is 5.92. The minimum Gasteiger partial charge on any atom is -0.362 e. The molecule has 0 saturated heterocycles. The normalized spacial score (nSPS) is 15.6. The number of nitrogens with zero attached hydrogens (tertiary/aromatic N) is 2. The zero-order valence-corrected chi connectivity index (χ0v) is 15.3. The first-order valence-electron chi connectivity index (χ1n) is 9.54. The number of likely N-dealkylation sites (N-methyl/N-ethyl adjacent to an activating group) is 1. The molecule has 0 radical (unpaired) electrons. The van der Waals surface area contributed by atoms with Gasteiger partial charge in [0.1, 0.15) is 0 Å². The molecule has 0 fully saturated rings. The van der Waals surface area contributed by atoms with Crippen LogP contribution in [0.2, 0.25) is 0 Å². The summed E-state index contributed by atoms with van der Waals surface area (Å²) in [5, 5.41) is 0. The van der Waals surface area contributed by atoms with Crippen LogP contribution in [-0.2, 0) is 0 Å². The smallest absolute Gasteiger partial charge is 0.0987 e. The van der Waals surface area contributed by atoms with E-state index in [1.165, 1.54) is 50.8 Å². The summed E-state index contributed by atoms with van der Waals surface area (Å²) in [5.41, 5.74) is 0. The standard InChI is InChI=1S/C21H36N2/c1-3-4-5-6-7-8-9-10-11-12-13-14-15-16-17-18-21-22-19-20-23(21)2/h4-5,7-8,10-11H,3,6,9,12-20H2,1-2H3/b5-4-,8-7-,11-10-. The average Bonchev–Trinajstić information content (AvgIpc) is 2.96. The number of hydrogen-bond acceptors (Lipinski definition) is 2. The third kappa shape index (κ3) is 11.0. The van der Waals surface area contributed by atoms with Gasteiger partial charge in [-0.25, -0.2) is 0 Å². The van der Waals surface area contributed by atoms with Crippen molar-refractivity contribution in [2.75, 3.05) is 20.1 Å². The SMILES string of the molecule is CC/C=C\C/C=C\C/C=C\CCCCCCCC1=NCCN1C. The summed E-state index contributed by atoms with van der Waals surface area (Å²) in [6.45, 7) is 4.29. The predicted molar refractivity (Wildman–Crippen MR) is 104 cm³/mol. The Morgan fingerprint density at radius 3 is 2.22 bits per heavy atom. The second-order valence-corrected chi connectivity index (χ2v) is 6.32. The Labute approximate surface area is 144 Å². The van der Waals surface area contributed by atoms with Crippen LogP contribution in [0.25, 0.3) is 0 Å². The Bertz CT molecular complexity index is 391. The summed E-state index contributed by atoms with van der Waals surface area (Å²) in [6.07, 6.45) is 26.0. The molecule has 0 saturated carbocycles. The second kappa shape index (κ2) is 14.3. The molecule has 23 heavy (non-hydrogen) atoms. The third-order valence-electron chi connectivity index (χ3n) is 4.22. The molecule has 0 spiro atoms. The Balaban J connectivity index is 1.84. The first kappa shape index (κ1) is 19.7. The van der Waals surface area contributed by atoms with Crippen LogP contribution in [0.15, 0.2) is 41.4 Å². The molecule has 2 heteroatoms. The molecule has 130 valence electrons. The van der Waals surface area contributed by atoms with Crippen LogP contribution in [0.4, 0.5) is 0 Å². The van der Waals surface area contributed by atoms with Gasteiger partial charge in [0.15, 0.2) is 0 Å². The zero-order valence-electron chi connectivity index (χ0n) is 15.3. The molecule has 0 unspecified atom stereocenters. The van der Waals surface area contributed by atoms with Crippen molar-refractivity contribution >= 4 is 5.84 Å². The van der Waals surface area contributed by atoms with Gasteiger partial charge in [-0.05, 0) is 38.5 Å². The topological polar surface area (TPSA) is 15.6 Å². The summed E-state index contributed by atoms with van der Waals surface area (Å²) in [7, 11) is 2.16. The van der Waals surface area contributed by atoms with E-state index in [2.05, 4.69) is 60.3 Å². The van der Waals surface area contributed by atoms with E-state index in [1.54, 1.807) is 0 Å². The molecule has 1 heterocycles. The first-order chi connectivity index (χ1) is 11.3. The Hall–Kier alpha value is -1.31. The molecule has 0 aromatic rings. The minimum absolute atomic E-state index is 1.00. The summed E-state index contributed by atoms with van der Waals surface area (Å²) >= 11 is 0. The van der Waals surface area contributed by atoms with E-state index in [0.29, 0.717) is 0 Å². The summed E-state index contributed by atoms with van der Waals surface area (Å²) in [6, 6.07) is 0. The van der Waals surface area contributed by atoms with Crippen LogP contribution in [0.3, 0.4) is 0 Å². The molecule has 0 atom stereocenters. The van der Waals surface area contributed by atoms with Gasteiger partial charge in [0.2, 0.25) is 0 Å². The minimum atomic E-state index is 1.00. The zero-order chi connectivity index (χ0) is 16.6. The molecule has 1 aliphatic rings. The van der Waals surface area contributed by atoms with Gasteiger partial charge in [-0.15, -0.1) is 0 Å². The molecular weight excluding hydrogens is 280 g/mol. The molecule has 2 nitrogen and oxygen atoms in total. The third-order valence-corrected chi connectivity index (χ3v) is 4.22. The van der Waals surface area contributed by atoms with Gasteiger partial charge in [-0.3, -0.25) is 4.99 Å². The number of aliphatic imine (C=N–C) groups is 1. The van der Waals surface area contributed by atoms with Gasteiger partial charge >= 0.3 is 0 Å². The van der Waals surface area contributed by atoms with Crippen LogP contribution in [0.5, 0.6) is 0 Å². The number of rotatable bonds is 13. The van der Waals surface area contributed by atoms with Gasteiger partial charge in [0, 0.05) is 20.0 Å². The van der Waals surface area contributed by atoms with Crippen LogP contribution in [0.1, 0.15) is 71.1 Å². The molecule has 0 amide bonds. The fourth-order valence-corrected chi connectivity index (χ4v) is 2.75. The van der Waals surface area contributed by atoms with Crippen molar-refractivity contribution in [1.29, 1.82) is 0 Å². The molecule has 0 bridgehead atoms. The number of amidine groups is 1. The lowest BCUT2D eigenvalue weighted by atomic mass is 10.1. The maximum Gasteiger partial charge on any atom is 0.0987 e. The Morgan fingerprint density at radius 2 is 1.52 bits per heavy atom. The second-order valence-electron chi connectivity index (χ2n) is 6.32. The van der Waals surface area contributed by atoms with Crippen molar-refractivity contribution in [3.05, 3.63) is 36.5 Å². The van der Waals surface area contributed by atoms with Crippen LogP contribution < -0.4 is 0 Å². The molecule has 0 aromatic carbocycles. The molecule has 0 aromatic heterocycles. The van der Waals surface area contributed by atoms with Crippen molar-refractivity contribution in [1.82, 2.24) is 4.90 Å². The van der Waals surface area contributed by atoms with Crippen LogP contribution >= 0.6 is 0 Å². The van der Waals surface area contributed by atoms with E-state index in [0.717, 1.165) is 32.4 Å². The van der Waals surface area contributed by atoms with E-state index in [4.69, 9.17) is 0 Å². The fraction of sp³-hybridized carbons (Fsp3) is 0.667. The Kier molecular flexibility index (Phi) is 12.3. The lowest BCUT2D eigenvalue weighted by Gasteiger charge is -2.13. The molecule has 1 rings (SSSR count). The summed E-state index contributed by atoms with van der Waals surface area (Å²) in [5.74, 6) is 1.33. The molecule has 0 aliphatic carbocycles. The monoisotopic (exact) mass is 316 g/mol. The van der Waals surface area contributed by atoms with Crippen molar-refractivity contribution in [3.63, 3.8) is 0 Å². The van der Waals surface area contributed by atoms with Gasteiger partial charge in [0.05, 0.1) is 12.4 Å². The van der Waals surface area contributed by atoms with E-state index in [9.17, 15) is 0 Å². The largest absolute Gasteiger partial charge is 0.362 e. The van der Waals surface area contributed by atoms with Crippen molar-refractivity contribution in [2.45, 2.75) is 71.1 Å². The Morgan fingerprint density at radius 1 is 0.870 bits per heavy atom. The highest BCUT2D eigenvalue weighted by Gasteiger charge is 2.10. The van der Waals surface area contributed by atoms with E-state index in [1.807, 2.05) is 0 Å². The van der Waals surface area contributed by atoms with Gasteiger partial charge < -0.3 is 4.90 Å². The van der Waals surface area contributed by atoms with E-state index >= 15 is 0 Å². The lowest BCUT2D eigenvalue weighted by Crippen LogP contribution is -2.22. The highest BCUT2D eigenvalue weighted by Crippen LogP contribution is 2.11. The lowest BCUT2D eigenvalue weighted by molar-refractivity contribution is 0.535. The number of hydrogen-bond donors (Lipinski definition) is 0. The van der Waals surface area contributed by atoms with Crippen molar-refractivity contribution in [2.24, 2.45) is 4.99 Å². The maximum absolute atomic E-state index is 4.54. The van der Waals surface area contributed by atoms with E-state index in [-0.39, 0.29) is 0 Å². The van der Waals surface area contributed by atoms with Crippen LogP contribution in [-0.4, -0.2) is 30.9 Å². The van der Waals surface area contributed by atoms with Gasteiger partial charge in [0.25, 0.3) is 0 Å². The maximum atomic E-state index is 4.54. The highest BCUT2D eigenvalue weighted by atomic mass is 15.2. The van der Waals surface area contributed by atoms with Crippen molar-refractivity contribution in [3.8, 4) is 0 Å². The number of unbranched alkanes of at least 4 members (excludes halogenated alkanes) is 5. The summed E-state index contributed by atoms with van der Waals surface area (Å²) in [4.78, 5) is 6.85. The summed E-state index contributed by atoms with van der Waals surface area (Å²) < 4.78 is 0. The first-order valence-corrected chi connectivity index (χ1v) is 9.54. The van der Waals surface area contributed by atoms with Gasteiger partial charge in [-0.1, -0.05) is 62.6 Å². The fourth-order valence-electron chi connectivity index (χ4n) is 2.75. The van der Waals surface area contributed by atoms with E-state index < -0.39 is 0 Å².